The van der Waals surface area contributed by atoms with E-state index in [0.717, 1.165) is 11.1 Å². The van der Waals surface area contributed by atoms with E-state index in [1.165, 1.54) is 12.3 Å². The van der Waals surface area contributed by atoms with Gasteiger partial charge in [0.05, 0.1) is 12.2 Å². The standard InChI is InChI=1S/C13H10ClNO3/c14-12-11(13(17)18)5-10(6-15-12)9-3-1-2-8(4-9)7-16/h1-6,16H,7H2,(H,17,18). The quantitative estimate of drug-likeness (QED) is 0.835. The summed E-state index contributed by atoms with van der Waals surface area (Å²) in [5.41, 5.74) is 2.14. The molecule has 0 unspecified atom stereocenters. The van der Waals surface area contributed by atoms with Crippen molar-refractivity contribution in [1.82, 2.24) is 4.98 Å². The monoisotopic (exact) mass is 263 g/mol. The van der Waals surface area contributed by atoms with Crippen LogP contribution in [0.25, 0.3) is 11.1 Å². The number of carboxylic acid groups (broad SMARTS) is 1. The van der Waals surface area contributed by atoms with Gasteiger partial charge >= 0.3 is 5.97 Å². The largest absolute Gasteiger partial charge is 0.478 e. The maximum absolute atomic E-state index is 11.0. The molecule has 0 amide bonds. The number of halogens is 1. The number of aromatic carboxylic acids is 1. The van der Waals surface area contributed by atoms with Gasteiger partial charge in [0.1, 0.15) is 5.15 Å². The molecule has 2 aromatic rings. The number of rotatable bonds is 3. The number of aliphatic hydroxyl groups excluding tert-OH is 1. The predicted octanol–water partition coefficient (Wildman–Crippen LogP) is 2.59. The van der Waals surface area contributed by atoms with E-state index in [1.54, 1.807) is 18.2 Å². The van der Waals surface area contributed by atoms with E-state index in [-0.39, 0.29) is 17.3 Å². The highest BCUT2D eigenvalue weighted by Gasteiger charge is 2.11. The molecule has 92 valence electrons. The second kappa shape index (κ2) is 5.16. The van der Waals surface area contributed by atoms with E-state index in [1.807, 2.05) is 6.07 Å². The molecule has 0 aliphatic heterocycles. The van der Waals surface area contributed by atoms with E-state index in [2.05, 4.69) is 4.98 Å². The lowest BCUT2D eigenvalue weighted by Crippen LogP contribution is -1.99. The van der Waals surface area contributed by atoms with Gasteiger partial charge in [0, 0.05) is 11.8 Å². The fourth-order valence-electron chi connectivity index (χ4n) is 1.61. The smallest absolute Gasteiger partial charge is 0.338 e. The summed E-state index contributed by atoms with van der Waals surface area (Å²) in [6.07, 6.45) is 1.51. The van der Waals surface area contributed by atoms with Gasteiger partial charge in [0.2, 0.25) is 0 Å². The van der Waals surface area contributed by atoms with Gasteiger partial charge < -0.3 is 10.2 Å². The van der Waals surface area contributed by atoms with Crippen LogP contribution >= 0.6 is 11.6 Å². The van der Waals surface area contributed by atoms with Gasteiger partial charge in [-0.3, -0.25) is 0 Å². The summed E-state index contributed by atoms with van der Waals surface area (Å²) in [6, 6.07) is 8.63. The SMILES string of the molecule is O=C(O)c1cc(-c2cccc(CO)c2)cnc1Cl. The molecule has 0 aliphatic carbocycles. The number of pyridine rings is 1. The van der Waals surface area contributed by atoms with Gasteiger partial charge in [-0.05, 0) is 23.3 Å². The minimum Gasteiger partial charge on any atom is -0.478 e. The third-order valence-electron chi connectivity index (χ3n) is 2.51. The molecule has 1 aromatic carbocycles. The molecule has 2 rings (SSSR count). The lowest BCUT2D eigenvalue weighted by Gasteiger charge is -2.05. The summed E-state index contributed by atoms with van der Waals surface area (Å²) in [5, 5.41) is 18.0. The minimum atomic E-state index is -1.12. The summed E-state index contributed by atoms with van der Waals surface area (Å²) >= 11 is 5.71. The van der Waals surface area contributed by atoms with Crippen molar-refractivity contribution in [2.24, 2.45) is 0 Å². The molecule has 2 N–H and O–H groups in total. The van der Waals surface area contributed by atoms with Crippen molar-refractivity contribution in [3.8, 4) is 11.1 Å². The molecule has 0 saturated heterocycles. The second-order valence-electron chi connectivity index (χ2n) is 3.73. The highest BCUT2D eigenvalue weighted by molar-refractivity contribution is 6.32. The van der Waals surface area contributed by atoms with Crippen LogP contribution in [0.4, 0.5) is 0 Å². The number of hydrogen-bond acceptors (Lipinski definition) is 3. The topological polar surface area (TPSA) is 70.4 Å². The number of hydrogen-bond donors (Lipinski definition) is 2. The summed E-state index contributed by atoms with van der Waals surface area (Å²) < 4.78 is 0. The Kier molecular flexibility index (Phi) is 3.60. The van der Waals surface area contributed by atoms with Crippen LogP contribution in [0.2, 0.25) is 5.15 Å². The summed E-state index contributed by atoms with van der Waals surface area (Å²) in [7, 11) is 0. The Morgan fingerprint density at radius 3 is 2.72 bits per heavy atom. The van der Waals surface area contributed by atoms with Crippen LogP contribution in [0.3, 0.4) is 0 Å². The third kappa shape index (κ3) is 2.50. The Balaban J connectivity index is 2.50. The van der Waals surface area contributed by atoms with E-state index in [4.69, 9.17) is 21.8 Å². The van der Waals surface area contributed by atoms with Crippen LogP contribution < -0.4 is 0 Å². The van der Waals surface area contributed by atoms with Crippen LogP contribution in [0, 0.1) is 0 Å². The fraction of sp³-hybridized carbons (Fsp3) is 0.0769. The Hall–Kier alpha value is -1.91. The zero-order chi connectivity index (χ0) is 13.1. The molecule has 1 aromatic heterocycles. The molecule has 0 radical (unpaired) electrons. The van der Waals surface area contributed by atoms with E-state index in [9.17, 15) is 4.79 Å². The van der Waals surface area contributed by atoms with Crippen molar-refractivity contribution in [2.45, 2.75) is 6.61 Å². The Bertz CT molecular complexity index is 599. The zero-order valence-corrected chi connectivity index (χ0v) is 10.1. The van der Waals surface area contributed by atoms with Crippen LogP contribution in [-0.2, 0) is 6.61 Å². The first-order valence-electron chi connectivity index (χ1n) is 5.21. The average molecular weight is 264 g/mol. The highest BCUT2D eigenvalue weighted by atomic mass is 35.5. The van der Waals surface area contributed by atoms with Gasteiger partial charge in [0.15, 0.2) is 0 Å². The van der Waals surface area contributed by atoms with Gasteiger partial charge in [-0.2, -0.15) is 0 Å². The molecule has 0 bridgehead atoms. The normalized spacial score (nSPS) is 10.3. The molecule has 0 fully saturated rings. The van der Waals surface area contributed by atoms with Crippen LogP contribution in [0.1, 0.15) is 15.9 Å². The first-order valence-corrected chi connectivity index (χ1v) is 5.58. The number of nitrogens with zero attached hydrogens (tertiary/aromatic N) is 1. The molecular formula is C13H10ClNO3. The maximum atomic E-state index is 11.0. The molecular weight excluding hydrogens is 254 g/mol. The van der Waals surface area contributed by atoms with Gasteiger partial charge in [0.25, 0.3) is 0 Å². The van der Waals surface area contributed by atoms with Gasteiger partial charge in [-0.1, -0.05) is 29.8 Å². The molecule has 0 aliphatic rings. The lowest BCUT2D eigenvalue weighted by atomic mass is 10.0. The van der Waals surface area contributed by atoms with Gasteiger partial charge in [-0.25, -0.2) is 9.78 Å². The van der Waals surface area contributed by atoms with Crippen molar-refractivity contribution in [2.75, 3.05) is 0 Å². The van der Waals surface area contributed by atoms with Crippen molar-refractivity contribution in [3.05, 3.63) is 52.8 Å². The fourth-order valence-corrected chi connectivity index (χ4v) is 1.79. The number of benzene rings is 1. The van der Waals surface area contributed by atoms with Crippen LogP contribution in [-0.4, -0.2) is 21.2 Å². The number of aliphatic hydroxyl groups is 1. The summed E-state index contributed by atoms with van der Waals surface area (Å²) in [4.78, 5) is 14.8. The lowest BCUT2D eigenvalue weighted by molar-refractivity contribution is 0.0696. The molecule has 0 spiro atoms. The van der Waals surface area contributed by atoms with Gasteiger partial charge in [-0.15, -0.1) is 0 Å². The summed E-state index contributed by atoms with van der Waals surface area (Å²) in [5.74, 6) is -1.12. The predicted molar refractivity (Wildman–Crippen MR) is 67.6 cm³/mol. The number of aromatic nitrogens is 1. The van der Waals surface area contributed by atoms with E-state index in [0.29, 0.717) is 5.56 Å². The first-order chi connectivity index (χ1) is 8.61. The Morgan fingerprint density at radius 1 is 1.28 bits per heavy atom. The third-order valence-corrected chi connectivity index (χ3v) is 2.81. The highest BCUT2D eigenvalue weighted by Crippen LogP contribution is 2.24. The maximum Gasteiger partial charge on any atom is 0.338 e. The van der Waals surface area contributed by atoms with Crippen molar-refractivity contribution < 1.29 is 15.0 Å². The van der Waals surface area contributed by atoms with Crippen molar-refractivity contribution >= 4 is 17.6 Å². The van der Waals surface area contributed by atoms with E-state index < -0.39 is 5.97 Å². The zero-order valence-electron chi connectivity index (χ0n) is 9.30. The van der Waals surface area contributed by atoms with Crippen LogP contribution in [0.5, 0.6) is 0 Å². The molecule has 0 saturated carbocycles. The number of carboxylic acids is 1. The number of carbonyl (C=O) groups is 1. The minimum absolute atomic E-state index is 0.0374. The first kappa shape index (κ1) is 12.5. The van der Waals surface area contributed by atoms with Crippen molar-refractivity contribution in [3.63, 3.8) is 0 Å². The van der Waals surface area contributed by atoms with Crippen molar-refractivity contribution in [1.29, 1.82) is 0 Å². The molecule has 0 atom stereocenters. The molecule has 18 heavy (non-hydrogen) atoms. The average Bonchev–Trinajstić information content (AvgIpc) is 2.39. The Labute approximate surface area is 108 Å². The van der Waals surface area contributed by atoms with Crippen LogP contribution in [0.15, 0.2) is 36.5 Å². The molecule has 1 heterocycles. The molecule has 5 heteroatoms. The summed E-state index contributed by atoms with van der Waals surface area (Å²) in [6.45, 7) is -0.0688. The van der Waals surface area contributed by atoms with E-state index >= 15 is 0 Å². The second-order valence-corrected chi connectivity index (χ2v) is 4.08. The molecule has 4 nitrogen and oxygen atoms in total. The Morgan fingerprint density at radius 2 is 2.06 bits per heavy atom.